The van der Waals surface area contributed by atoms with Crippen LogP contribution in [0.15, 0.2) is 47.7 Å². The van der Waals surface area contributed by atoms with Crippen LogP contribution in [-0.4, -0.2) is 16.7 Å². The SMILES string of the molecule is Cn1cccc1/C=N/NC(=O)Cc1ccc(F)cc1. The highest BCUT2D eigenvalue weighted by molar-refractivity contribution is 5.82. The number of amides is 1. The molecule has 0 unspecified atom stereocenters. The number of hydrazone groups is 1. The number of benzene rings is 1. The molecule has 1 aromatic heterocycles. The van der Waals surface area contributed by atoms with Crippen molar-refractivity contribution in [2.45, 2.75) is 6.42 Å². The first kappa shape index (κ1) is 13.0. The number of hydrogen-bond acceptors (Lipinski definition) is 2. The van der Waals surface area contributed by atoms with E-state index in [1.807, 2.05) is 29.9 Å². The Morgan fingerprint density at radius 1 is 1.37 bits per heavy atom. The van der Waals surface area contributed by atoms with Crippen LogP contribution >= 0.6 is 0 Å². The number of rotatable bonds is 4. The lowest BCUT2D eigenvalue weighted by atomic mass is 10.1. The van der Waals surface area contributed by atoms with Gasteiger partial charge in [0.05, 0.1) is 18.3 Å². The maximum absolute atomic E-state index is 12.7. The Hall–Kier alpha value is -2.43. The van der Waals surface area contributed by atoms with Crippen LogP contribution in [0.25, 0.3) is 0 Å². The third-order valence-corrected chi connectivity index (χ3v) is 2.65. The molecule has 0 aliphatic carbocycles. The highest BCUT2D eigenvalue weighted by Gasteiger charge is 2.02. The zero-order chi connectivity index (χ0) is 13.7. The van der Waals surface area contributed by atoms with E-state index >= 15 is 0 Å². The van der Waals surface area contributed by atoms with Crippen molar-refractivity contribution in [2.24, 2.45) is 12.1 Å². The molecule has 1 N–H and O–H groups in total. The van der Waals surface area contributed by atoms with E-state index in [-0.39, 0.29) is 18.1 Å². The van der Waals surface area contributed by atoms with Crippen molar-refractivity contribution in [2.75, 3.05) is 0 Å². The summed E-state index contributed by atoms with van der Waals surface area (Å²) in [6.45, 7) is 0. The summed E-state index contributed by atoms with van der Waals surface area (Å²) >= 11 is 0. The first-order valence-corrected chi connectivity index (χ1v) is 5.83. The second kappa shape index (κ2) is 5.95. The maximum atomic E-state index is 12.7. The Bertz CT molecular complexity index is 587. The normalized spacial score (nSPS) is 10.8. The zero-order valence-corrected chi connectivity index (χ0v) is 10.5. The van der Waals surface area contributed by atoms with Crippen molar-refractivity contribution < 1.29 is 9.18 Å². The smallest absolute Gasteiger partial charge is 0.244 e. The summed E-state index contributed by atoms with van der Waals surface area (Å²) in [4.78, 5) is 11.6. The summed E-state index contributed by atoms with van der Waals surface area (Å²) in [5.41, 5.74) is 4.07. The summed E-state index contributed by atoms with van der Waals surface area (Å²) in [6.07, 6.45) is 3.63. The van der Waals surface area contributed by atoms with Crippen molar-refractivity contribution in [1.29, 1.82) is 0 Å². The van der Waals surface area contributed by atoms with E-state index in [0.29, 0.717) is 0 Å². The lowest BCUT2D eigenvalue weighted by Gasteiger charge is -2.00. The van der Waals surface area contributed by atoms with Gasteiger partial charge < -0.3 is 4.57 Å². The molecule has 1 heterocycles. The molecule has 4 nitrogen and oxygen atoms in total. The minimum Gasteiger partial charge on any atom is -0.350 e. The largest absolute Gasteiger partial charge is 0.350 e. The lowest BCUT2D eigenvalue weighted by molar-refractivity contribution is -0.120. The number of carbonyl (C=O) groups excluding carboxylic acids is 1. The van der Waals surface area contributed by atoms with Gasteiger partial charge in [0.2, 0.25) is 5.91 Å². The average molecular weight is 259 g/mol. The van der Waals surface area contributed by atoms with Crippen LogP contribution in [-0.2, 0) is 18.3 Å². The molecule has 0 aliphatic heterocycles. The molecule has 0 spiro atoms. The van der Waals surface area contributed by atoms with Gasteiger partial charge in [0.25, 0.3) is 0 Å². The van der Waals surface area contributed by atoms with Crippen LogP contribution in [0.5, 0.6) is 0 Å². The minimum atomic E-state index is -0.314. The van der Waals surface area contributed by atoms with Gasteiger partial charge in [0.1, 0.15) is 5.82 Å². The Morgan fingerprint density at radius 2 is 2.11 bits per heavy atom. The number of aryl methyl sites for hydroxylation is 1. The van der Waals surface area contributed by atoms with Gasteiger partial charge in [-0.1, -0.05) is 12.1 Å². The fourth-order valence-corrected chi connectivity index (χ4v) is 1.61. The van der Waals surface area contributed by atoms with Crippen molar-refractivity contribution in [1.82, 2.24) is 9.99 Å². The van der Waals surface area contributed by atoms with Gasteiger partial charge in [0.15, 0.2) is 0 Å². The Balaban J connectivity index is 1.86. The molecular formula is C14H14FN3O. The first-order valence-electron chi connectivity index (χ1n) is 5.83. The predicted octanol–water partition coefficient (Wildman–Crippen LogP) is 1.86. The molecule has 0 atom stereocenters. The maximum Gasteiger partial charge on any atom is 0.244 e. The highest BCUT2D eigenvalue weighted by Crippen LogP contribution is 2.03. The third-order valence-electron chi connectivity index (χ3n) is 2.65. The lowest BCUT2D eigenvalue weighted by Crippen LogP contribution is -2.19. The molecule has 1 amide bonds. The van der Waals surface area contributed by atoms with Crippen molar-refractivity contribution in [3.63, 3.8) is 0 Å². The van der Waals surface area contributed by atoms with E-state index in [4.69, 9.17) is 0 Å². The van der Waals surface area contributed by atoms with Crippen molar-refractivity contribution in [3.8, 4) is 0 Å². The molecule has 2 aromatic rings. The average Bonchev–Trinajstić information content (AvgIpc) is 2.78. The summed E-state index contributed by atoms with van der Waals surface area (Å²) in [5, 5.41) is 3.87. The molecule has 0 bridgehead atoms. The highest BCUT2D eigenvalue weighted by atomic mass is 19.1. The molecule has 1 aromatic carbocycles. The summed E-state index contributed by atoms with van der Waals surface area (Å²) in [7, 11) is 1.89. The van der Waals surface area contributed by atoms with E-state index in [1.54, 1.807) is 18.3 Å². The summed E-state index contributed by atoms with van der Waals surface area (Å²) < 4.78 is 14.6. The van der Waals surface area contributed by atoms with Crippen LogP contribution in [0.4, 0.5) is 4.39 Å². The standard InChI is InChI=1S/C14H14FN3O/c1-18-8-2-3-13(18)10-16-17-14(19)9-11-4-6-12(15)7-5-11/h2-8,10H,9H2,1H3,(H,17,19)/b16-10+. The van der Waals surface area contributed by atoms with E-state index in [0.717, 1.165) is 11.3 Å². The number of nitrogens with zero attached hydrogens (tertiary/aromatic N) is 2. The van der Waals surface area contributed by atoms with Crippen LogP contribution in [0.2, 0.25) is 0 Å². The Kier molecular flexibility index (Phi) is 4.07. The van der Waals surface area contributed by atoms with Gasteiger partial charge in [-0.2, -0.15) is 5.10 Å². The predicted molar refractivity (Wildman–Crippen MR) is 71.3 cm³/mol. The van der Waals surface area contributed by atoms with Crippen LogP contribution < -0.4 is 5.43 Å². The topological polar surface area (TPSA) is 46.4 Å². The second-order valence-electron chi connectivity index (χ2n) is 4.14. The van der Waals surface area contributed by atoms with E-state index < -0.39 is 0 Å². The number of nitrogens with one attached hydrogen (secondary N) is 1. The summed E-state index contributed by atoms with van der Waals surface area (Å²) in [6, 6.07) is 9.59. The number of halogens is 1. The molecule has 2 rings (SSSR count). The van der Waals surface area contributed by atoms with Crippen LogP contribution in [0.3, 0.4) is 0 Å². The van der Waals surface area contributed by atoms with Gasteiger partial charge in [-0.05, 0) is 29.8 Å². The monoisotopic (exact) mass is 259 g/mol. The van der Waals surface area contributed by atoms with E-state index in [2.05, 4.69) is 10.5 Å². The Labute approximate surface area is 110 Å². The molecule has 19 heavy (non-hydrogen) atoms. The molecule has 98 valence electrons. The van der Waals surface area contributed by atoms with Gasteiger partial charge >= 0.3 is 0 Å². The van der Waals surface area contributed by atoms with Gasteiger partial charge in [0, 0.05) is 13.2 Å². The van der Waals surface area contributed by atoms with Gasteiger partial charge in [-0.3, -0.25) is 4.79 Å². The first-order chi connectivity index (χ1) is 9.15. The molecule has 0 saturated heterocycles. The molecule has 0 fully saturated rings. The fourth-order valence-electron chi connectivity index (χ4n) is 1.61. The molecule has 0 aliphatic rings. The quantitative estimate of drug-likeness (QED) is 0.661. The fraction of sp³-hybridized carbons (Fsp3) is 0.143. The van der Waals surface area contributed by atoms with E-state index in [9.17, 15) is 9.18 Å². The van der Waals surface area contributed by atoms with Crippen molar-refractivity contribution in [3.05, 3.63) is 59.7 Å². The zero-order valence-electron chi connectivity index (χ0n) is 10.5. The van der Waals surface area contributed by atoms with Crippen molar-refractivity contribution >= 4 is 12.1 Å². The van der Waals surface area contributed by atoms with Gasteiger partial charge in [-0.15, -0.1) is 0 Å². The van der Waals surface area contributed by atoms with E-state index in [1.165, 1.54) is 12.1 Å². The Morgan fingerprint density at radius 3 is 2.74 bits per heavy atom. The van der Waals surface area contributed by atoms with Crippen LogP contribution in [0, 0.1) is 5.82 Å². The second-order valence-corrected chi connectivity index (χ2v) is 4.14. The van der Waals surface area contributed by atoms with Crippen LogP contribution in [0.1, 0.15) is 11.3 Å². The molecule has 0 radical (unpaired) electrons. The summed E-state index contributed by atoms with van der Waals surface area (Å²) in [5.74, 6) is -0.553. The minimum absolute atomic E-state index is 0.171. The number of aromatic nitrogens is 1. The molecule has 0 saturated carbocycles. The van der Waals surface area contributed by atoms with Gasteiger partial charge in [-0.25, -0.2) is 9.82 Å². The number of hydrogen-bond donors (Lipinski definition) is 1. The molecular weight excluding hydrogens is 245 g/mol. The number of carbonyl (C=O) groups is 1. The third kappa shape index (κ3) is 3.77. The molecule has 5 heteroatoms.